The van der Waals surface area contributed by atoms with Crippen molar-refractivity contribution in [1.29, 1.82) is 0 Å². The fourth-order valence-corrected chi connectivity index (χ4v) is 3.77. The highest BCUT2D eigenvalue weighted by molar-refractivity contribution is 7.89. The summed E-state index contributed by atoms with van der Waals surface area (Å²) in [5, 5.41) is 2.91. The maximum absolute atomic E-state index is 12.3. The smallest absolute Gasteiger partial charge is 0.227 e. The van der Waals surface area contributed by atoms with Crippen LogP contribution in [0.4, 0.5) is 5.69 Å². The molecule has 0 heterocycles. The molecule has 1 amide bonds. The van der Waals surface area contributed by atoms with E-state index in [4.69, 9.17) is 0 Å². The molecule has 3 rings (SSSR count). The molecule has 0 spiro atoms. The molecule has 2 aromatic carbocycles. The van der Waals surface area contributed by atoms with Crippen molar-refractivity contribution in [2.75, 3.05) is 11.6 Å². The molecule has 4 nitrogen and oxygen atoms in total. The molecule has 1 saturated carbocycles. The summed E-state index contributed by atoms with van der Waals surface area (Å²) in [7, 11) is -3.08. The van der Waals surface area contributed by atoms with Crippen molar-refractivity contribution in [1.82, 2.24) is 0 Å². The maximum Gasteiger partial charge on any atom is 0.227 e. The van der Waals surface area contributed by atoms with E-state index < -0.39 is 9.84 Å². The van der Waals surface area contributed by atoms with Crippen LogP contribution in [-0.2, 0) is 26.8 Å². The minimum atomic E-state index is -3.08. The van der Waals surface area contributed by atoms with Gasteiger partial charge in [-0.05, 0) is 42.0 Å². The van der Waals surface area contributed by atoms with Gasteiger partial charge in [0.1, 0.15) is 0 Å². The van der Waals surface area contributed by atoms with E-state index in [-0.39, 0.29) is 17.6 Å². The van der Waals surface area contributed by atoms with E-state index >= 15 is 0 Å². The number of carbonyl (C=O) groups is 1. The zero-order valence-corrected chi connectivity index (χ0v) is 14.4. The van der Waals surface area contributed by atoms with Crippen molar-refractivity contribution in [2.24, 2.45) is 11.8 Å². The molecule has 1 aliphatic rings. The Morgan fingerprint density at radius 1 is 1.08 bits per heavy atom. The number of rotatable bonds is 6. The highest BCUT2D eigenvalue weighted by atomic mass is 32.2. The molecule has 1 N–H and O–H groups in total. The standard InChI is InChI=1S/C19H21NO3S/c1-24(22,23)13-15-8-5-9-17(11-15)20-19(21)18-12-16(18)10-14-6-3-2-4-7-14/h2-9,11,16,18H,10,12-13H2,1H3,(H,20,21). The molecule has 5 heteroatoms. The van der Waals surface area contributed by atoms with Crippen molar-refractivity contribution >= 4 is 21.4 Å². The fraction of sp³-hybridized carbons (Fsp3) is 0.316. The second-order valence-electron chi connectivity index (χ2n) is 6.55. The summed E-state index contributed by atoms with van der Waals surface area (Å²) < 4.78 is 22.8. The van der Waals surface area contributed by atoms with E-state index in [1.807, 2.05) is 18.2 Å². The Bertz CT molecular complexity index is 831. The largest absolute Gasteiger partial charge is 0.326 e. The van der Waals surface area contributed by atoms with Gasteiger partial charge in [0.15, 0.2) is 9.84 Å². The number of amides is 1. The van der Waals surface area contributed by atoms with E-state index in [9.17, 15) is 13.2 Å². The molecule has 0 bridgehead atoms. The quantitative estimate of drug-likeness (QED) is 0.877. The highest BCUT2D eigenvalue weighted by Crippen LogP contribution is 2.41. The zero-order chi connectivity index (χ0) is 17.2. The summed E-state index contributed by atoms with van der Waals surface area (Å²) in [6, 6.07) is 17.2. The number of hydrogen-bond acceptors (Lipinski definition) is 3. The van der Waals surface area contributed by atoms with Crippen LogP contribution in [0.15, 0.2) is 54.6 Å². The lowest BCUT2D eigenvalue weighted by molar-refractivity contribution is -0.117. The van der Waals surface area contributed by atoms with E-state index in [1.165, 1.54) is 11.8 Å². The average Bonchev–Trinajstić information content (AvgIpc) is 3.26. The Balaban J connectivity index is 1.57. The molecule has 126 valence electrons. The van der Waals surface area contributed by atoms with Crippen molar-refractivity contribution in [2.45, 2.75) is 18.6 Å². The topological polar surface area (TPSA) is 63.2 Å². The monoisotopic (exact) mass is 343 g/mol. The van der Waals surface area contributed by atoms with Crippen molar-refractivity contribution in [3.8, 4) is 0 Å². The first-order valence-corrected chi connectivity index (χ1v) is 10.1. The predicted molar refractivity (Wildman–Crippen MR) is 95.4 cm³/mol. The van der Waals surface area contributed by atoms with Crippen LogP contribution in [0, 0.1) is 11.8 Å². The first kappa shape index (κ1) is 16.7. The molecule has 0 aromatic heterocycles. The summed E-state index contributed by atoms with van der Waals surface area (Å²) >= 11 is 0. The van der Waals surface area contributed by atoms with Crippen LogP contribution in [0.3, 0.4) is 0 Å². The van der Waals surface area contributed by atoms with Crippen LogP contribution in [0.1, 0.15) is 17.5 Å². The summed E-state index contributed by atoms with van der Waals surface area (Å²) in [6.07, 6.45) is 3.04. The Hall–Kier alpha value is -2.14. The van der Waals surface area contributed by atoms with Gasteiger partial charge in [0, 0.05) is 17.9 Å². The van der Waals surface area contributed by atoms with Gasteiger partial charge in [0.2, 0.25) is 5.91 Å². The molecule has 2 aromatic rings. The summed E-state index contributed by atoms with van der Waals surface area (Å²) in [5.41, 5.74) is 2.60. The van der Waals surface area contributed by atoms with Crippen LogP contribution in [0.5, 0.6) is 0 Å². The lowest BCUT2D eigenvalue weighted by Crippen LogP contribution is -2.15. The van der Waals surface area contributed by atoms with Gasteiger partial charge < -0.3 is 5.32 Å². The molecule has 2 atom stereocenters. The molecule has 1 fully saturated rings. The fourth-order valence-electron chi connectivity index (χ4n) is 2.99. The van der Waals surface area contributed by atoms with E-state index in [0.717, 1.165) is 12.8 Å². The number of nitrogens with one attached hydrogen (secondary N) is 1. The molecule has 0 radical (unpaired) electrons. The van der Waals surface area contributed by atoms with Crippen LogP contribution < -0.4 is 5.32 Å². The van der Waals surface area contributed by atoms with Crippen molar-refractivity contribution < 1.29 is 13.2 Å². The second-order valence-corrected chi connectivity index (χ2v) is 8.69. The van der Waals surface area contributed by atoms with Gasteiger partial charge in [-0.1, -0.05) is 42.5 Å². The number of sulfone groups is 1. The summed E-state index contributed by atoms with van der Waals surface area (Å²) in [6.45, 7) is 0. The van der Waals surface area contributed by atoms with Crippen molar-refractivity contribution in [3.05, 3.63) is 65.7 Å². The third kappa shape index (κ3) is 4.68. The molecule has 1 aliphatic carbocycles. The SMILES string of the molecule is CS(=O)(=O)Cc1cccc(NC(=O)C2CC2Cc2ccccc2)c1. The highest BCUT2D eigenvalue weighted by Gasteiger charge is 2.42. The minimum Gasteiger partial charge on any atom is -0.326 e. The average molecular weight is 343 g/mol. The van der Waals surface area contributed by atoms with Gasteiger partial charge >= 0.3 is 0 Å². The first-order valence-electron chi connectivity index (χ1n) is 8.02. The van der Waals surface area contributed by atoms with E-state index in [1.54, 1.807) is 24.3 Å². The number of benzene rings is 2. The number of anilines is 1. The van der Waals surface area contributed by atoms with Crippen LogP contribution in [0.2, 0.25) is 0 Å². The third-order valence-corrected chi connectivity index (χ3v) is 5.08. The summed E-state index contributed by atoms with van der Waals surface area (Å²) in [4.78, 5) is 12.3. The molecule has 0 saturated heterocycles. The Labute approximate surface area is 142 Å². The molecule has 2 unspecified atom stereocenters. The normalized spacial score (nSPS) is 19.7. The van der Waals surface area contributed by atoms with E-state index in [2.05, 4.69) is 17.4 Å². The van der Waals surface area contributed by atoms with Gasteiger partial charge in [-0.15, -0.1) is 0 Å². The predicted octanol–water partition coefficient (Wildman–Crippen LogP) is 3.05. The second kappa shape index (κ2) is 6.77. The lowest BCUT2D eigenvalue weighted by atomic mass is 10.1. The Morgan fingerprint density at radius 3 is 2.50 bits per heavy atom. The molecule has 0 aliphatic heterocycles. The van der Waals surface area contributed by atoms with Crippen LogP contribution in [0.25, 0.3) is 0 Å². The van der Waals surface area contributed by atoms with Crippen LogP contribution >= 0.6 is 0 Å². The Morgan fingerprint density at radius 2 is 1.79 bits per heavy atom. The first-order chi connectivity index (χ1) is 11.4. The number of carbonyl (C=O) groups excluding carboxylic acids is 1. The van der Waals surface area contributed by atoms with Gasteiger partial charge in [0.05, 0.1) is 5.75 Å². The summed E-state index contributed by atoms with van der Waals surface area (Å²) in [5.74, 6) is 0.444. The van der Waals surface area contributed by atoms with Gasteiger partial charge in [-0.2, -0.15) is 0 Å². The lowest BCUT2D eigenvalue weighted by Gasteiger charge is -2.07. The molecule has 24 heavy (non-hydrogen) atoms. The van der Waals surface area contributed by atoms with E-state index in [0.29, 0.717) is 17.2 Å². The molecular weight excluding hydrogens is 322 g/mol. The maximum atomic E-state index is 12.3. The van der Waals surface area contributed by atoms with Gasteiger partial charge in [-0.3, -0.25) is 4.79 Å². The third-order valence-electron chi connectivity index (χ3n) is 4.22. The number of hydrogen-bond donors (Lipinski definition) is 1. The minimum absolute atomic E-state index is 0.0171. The van der Waals surface area contributed by atoms with Crippen molar-refractivity contribution in [3.63, 3.8) is 0 Å². The molecular formula is C19H21NO3S. The Kier molecular flexibility index (Phi) is 4.71. The van der Waals surface area contributed by atoms with Crippen LogP contribution in [-0.4, -0.2) is 20.6 Å². The van der Waals surface area contributed by atoms with Gasteiger partial charge in [0.25, 0.3) is 0 Å². The van der Waals surface area contributed by atoms with Gasteiger partial charge in [-0.25, -0.2) is 8.42 Å². The zero-order valence-electron chi connectivity index (χ0n) is 13.6.